The highest BCUT2D eigenvalue weighted by molar-refractivity contribution is 5.90. The van der Waals surface area contributed by atoms with Crippen LogP contribution in [0.3, 0.4) is 0 Å². The van der Waals surface area contributed by atoms with Gasteiger partial charge in [-0.2, -0.15) is 0 Å². The van der Waals surface area contributed by atoms with Gasteiger partial charge in [-0.25, -0.2) is 9.18 Å². The maximum atomic E-state index is 13.1. The number of piperidine rings is 1. The van der Waals surface area contributed by atoms with Crippen LogP contribution in [0.2, 0.25) is 0 Å². The van der Waals surface area contributed by atoms with E-state index < -0.39 is 0 Å². The maximum absolute atomic E-state index is 13.1. The molecular weight excluding hydrogens is 267 g/mol. The van der Waals surface area contributed by atoms with Crippen LogP contribution in [0.25, 0.3) is 0 Å². The van der Waals surface area contributed by atoms with E-state index in [1.165, 1.54) is 37.8 Å². The first-order chi connectivity index (χ1) is 10.1. The van der Waals surface area contributed by atoms with E-state index in [-0.39, 0.29) is 11.8 Å². The molecule has 2 aliphatic rings. The number of hydrogen-bond donors (Lipinski definition) is 1. The van der Waals surface area contributed by atoms with Crippen molar-refractivity contribution in [3.05, 3.63) is 29.6 Å². The van der Waals surface area contributed by atoms with Gasteiger partial charge in [0.15, 0.2) is 0 Å². The van der Waals surface area contributed by atoms with Gasteiger partial charge >= 0.3 is 6.03 Å². The first-order valence-corrected chi connectivity index (χ1v) is 7.95. The van der Waals surface area contributed by atoms with Crippen LogP contribution >= 0.6 is 0 Å². The van der Waals surface area contributed by atoms with Crippen LogP contribution in [0.5, 0.6) is 0 Å². The van der Waals surface area contributed by atoms with E-state index in [0.29, 0.717) is 11.6 Å². The Morgan fingerprint density at radius 3 is 2.76 bits per heavy atom. The Labute approximate surface area is 125 Å². The Balaban J connectivity index is 1.63. The van der Waals surface area contributed by atoms with E-state index in [9.17, 15) is 9.18 Å². The lowest BCUT2D eigenvalue weighted by Gasteiger charge is -2.41. The third-order valence-electron chi connectivity index (χ3n) is 5.01. The number of fused-ring (bicyclic) bond motifs is 1. The highest BCUT2D eigenvalue weighted by Crippen LogP contribution is 2.36. The van der Waals surface area contributed by atoms with Gasteiger partial charge in [0.05, 0.1) is 0 Å². The van der Waals surface area contributed by atoms with Gasteiger partial charge in [0, 0.05) is 18.8 Å². The monoisotopic (exact) mass is 290 g/mol. The number of amides is 2. The second-order valence-corrected chi connectivity index (χ2v) is 6.43. The lowest BCUT2D eigenvalue weighted by atomic mass is 9.75. The lowest BCUT2D eigenvalue weighted by molar-refractivity contribution is 0.108. The number of aryl methyl sites for hydroxylation is 1. The van der Waals surface area contributed by atoms with Gasteiger partial charge in [-0.1, -0.05) is 19.3 Å². The minimum Gasteiger partial charge on any atom is -0.324 e. The molecule has 1 saturated heterocycles. The van der Waals surface area contributed by atoms with Crippen LogP contribution in [0.4, 0.5) is 14.9 Å². The second kappa shape index (κ2) is 6.04. The van der Waals surface area contributed by atoms with Crippen molar-refractivity contribution in [3.8, 4) is 0 Å². The first-order valence-electron chi connectivity index (χ1n) is 7.95. The summed E-state index contributed by atoms with van der Waals surface area (Å²) in [5.74, 6) is 1.22. The number of hydrogen-bond acceptors (Lipinski definition) is 1. The SMILES string of the molecule is Cc1cc(F)ccc1NC(=O)N1CC[C@H]2CCCC[C@@H]2C1. The zero-order chi connectivity index (χ0) is 14.8. The third-order valence-corrected chi connectivity index (χ3v) is 5.01. The molecule has 1 N–H and O–H groups in total. The Morgan fingerprint density at radius 1 is 1.24 bits per heavy atom. The first kappa shape index (κ1) is 14.4. The van der Waals surface area contributed by atoms with Gasteiger partial charge in [0.2, 0.25) is 0 Å². The molecule has 3 nitrogen and oxygen atoms in total. The van der Waals surface area contributed by atoms with Gasteiger partial charge in [0.1, 0.15) is 5.82 Å². The molecule has 0 spiro atoms. The summed E-state index contributed by atoms with van der Waals surface area (Å²) in [4.78, 5) is 14.3. The van der Waals surface area contributed by atoms with E-state index in [1.807, 2.05) is 11.8 Å². The molecule has 2 fully saturated rings. The molecule has 0 unspecified atom stereocenters. The lowest BCUT2D eigenvalue weighted by Crippen LogP contribution is -2.46. The number of halogens is 1. The van der Waals surface area contributed by atoms with E-state index in [4.69, 9.17) is 0 Å². The Bertz CT molecular complexity index is 532. The molecular formula is C17H23FN2O. The number of benzene rings is 1. The third kappa shape index (κ3) is 3.20. The molecule has 21 heavy (non-hydrogen) atoms. The number of nitrogens with one attached hydrogen (secondary N) is 1. The normalized spacial score (nSPS) is 25.3. The van der Waals surface area contributed by atoms with Crippen molar-refractivity contribution in [3.63, 3.8) is 0 Å². The molecule has 114 valence electrons. The number of rotatable bonds is 1. The van der Waals surface area contributed by atoms with Crippen molar-refractivity contribution >= 4 is 11.7 Å². The Morgan fingerprint density at radius 2 is 2.00 bits per heavy atom. The van der Waals surface area contributed by atoms with E-state index in [2.05, 4.69) is 5.32 Å². The molecule has 1 aromatic carbocycles. The summed E-state index contributed by atoms with van der Waals surface area (Å²) in [5, 5.41) is 2.92. The Kier molecular flexibility index (Phi) is 4.13. The smallest absolute Gasteiger partial charge is 0.321 e. The van der Waals surface area contributed by atoms with Crippen molar-refractivity contribution < 1.29 is 9.18 Å². The number of nitrogens with zero attached hydrogens (tertiary/aromatic N) is 1. The van der Waals surface area contributed by atoms with Gasteiger partial charge in [-0.15, -0.1) is 0 Å². The van der Waals surface area contributed by atoms with Gasteiger partial charge in [-0.3, -0.25) is 0 Å². The zero-order valence-corrected chi connectivity index (χ0v) is 12.6. The van der Waals surface area contributed by atoms with Crippen molar-refractivity contribution in [2.75, 3.05) is 18.4 Å². The van der Waals surface area contributed by atoms with Crippen LogP contribution in [-0.2, 0) is 0 Å². The fraction of sp³-hybridized carbons (Fsp3) is 0.588. The number of anilines is 1. The molecule has 1 aliphatic carbocycles. The van der Waals surface area contributed by atoms with Gasteiger partial charge < -0.3 is 10.2 Å². The topological polar surface area (TPSA) is 32.3 Å². The summed E-state index contributed by atoms with van der Waals surface area (Å²) in [5.41, 5.74) is 1.46. The molecule has 1 saturated carbocycles. The highest BCUT2D eigenvalue weighted by Gasteiger charge is 2.32. The molecule has 0 bridgehead atoms. The molecule has 2 atom stereocenters. The quantitative estimate of drug-likeness (QED) is 0.827. The zero-order valence-electron chi connectivity index (χ0n) is 12.6. The second-order valence-electron chi connectivity index (χ2n) is 6.43. The maximum Gasteiger partial charge on any atom is 0.321 e. The standard InChI is InChI=1S/C17H23FN2O/c1-12-10-15(18)6-7-16(12)19-17(21)20-9-8-13-4-2-3-5-14(13)11-20/h6-7,10,13-14H,2-5,8-9,11H2,1H3,(H,19,21)/t13-,14-/m1/s1. The average molecular weight is 290 g/mol. The van der Waals surface area contributed by atoms with Crippen LogP contribution in [0.1, 0.15) is 37.7 Å². The minimum absolute atomic E-state index is 0.0475. The van der Waals surface area contributed by atoms with Crippen molar-refractivity contribution in [1.29, 1.82) is 0 Å². The Hall–Kier alpha value is -1.58. The summed E-state index contributed by atoms with van der Waals surface area (Å²) >= 11 is 0. The molecule has 1 aromatic rings. The summed E-state index contributed by atoms with van der Waals surface area (Å²) in [6.45, 7) is 3.52. The van der Waals surface area contributed by atoms with Crippen molar-refractivity contribution in [2.24, 2.45) is 11.8 Å². The molecule has 2 amide bonds. The summed E-state index contributed by atoms with van der Waals surface area (Å²) in [6.07, 6.45) is 6.36. The van der Waals surface area contributed by atoms with Crippen molar-refractivity contribution in [1.82, 2.24) is 4.90 Å². The summed E-state index contributed by atoms with van der Waals surface area (Å²) in [7, 11) is 0. The summed E-state index contributed by atoms with van der Waals surface area (Å²) in [6, 6.07) is 4.42. The van der Waals surface area contributed by atoms with Crippen LogP contribution in [0, 0.1) is 24.6 Å². The van der Waals surface area contributed by atoms with E-state index in [0.717, 1.165) is 31.0 Å². The van der Waals surface area contributed by atoms with Crippen LogP contribution < -0.4 is 5.32 Å². The highest BCUT2D eigenvalue weighted by atomic mass is 19.1. The van der Waals surface area contributed by atoms with Crippen LogP contribution in [0.15, 0.2) is 18.2 Å². The molecule has 1 aliphatic heterocycles. The molecule has 0 aromatic heterocycles. The van der Waals surface area contributed by atoms with Gasteiger partial charge in [0.25, 0.3) is 0 Å². The van der Waals surface area contributed by atoms with Crippen LogP contribution in [-0.4, -0.2) is 24.0 Å². The molecule has 3 rings (SSSR count). The largest absolute Gasteiger partial charge is 0.324 e. The van der Waals surface area contributed by atoms with E-state index in [1.54, 1.807) is 6.07 Å². The molecule has 0 radical (unpaired) electrons. The van der Waals surface area contributed by atoms with E-state index >= 15 is 0 Å². The fourth-order valence-electron chi connectivity index (χ4n) is 3.75. The fourth-order valence-corrected chi connectivity index (χ4v) is 3.75. The average Bonchev–Trinajstić information content (AvgIpc) is 2.49. The number of likely N-dealkylation sites (tertiary alicyclic amines) is 1. The number of carbonyl (C=O) groups is 1. The summed E-state index contributed by atoms with van der Waals surface area (Å²) < 4.78 is 13.1. The minimum atomic E-state index is -0.270. The predicted octanol–water partition coefficient (Wildman–Crippen LogP) is 4.18. The van der Waals surface area contributed by atoms with Gasteiger partial charge in [-0.05, 0) is 55.4 Å². The molecule has 1 heterocycles. The number of carbonyl (C=O) groups excluding carboxylic acids is 1. The molecule has 4 heteroatoms. The predicted molar refractivity (Wildman–Crippen MR) is 81.8 cm³/mol. The van der Waals surface area contributed by atoms with Crippen molar-refractivity contribution in [2.45, 2.75) is 39.0 Å². The number of urea groups is 1.